The first-order valence-electron chi connectivity index (χ1n) is 6.83. The van der Waals surface area contributed by atoms with E-state index < -0.39 is 12.2 Å². The molecule has 0 spiro atoms. The van der Waals surface area contributed by atoms with Gasteiger partial charge in [-0.25, -0.2) is 0 Å². The summed E-state index contributed by atoms with van der Waals surface area (Å²) in [5.74, 6) is 0.553. The van der Waals surface area contributed by atoms with Crippen molar-refractivity contribution in [3.05, 3.63) is 28.2 Å². The maximum atomic E-state index is 9.85. The van der Waals surface area contributed by atoms with Gasteiger partial charge >= 0.3 is 0 Å². The molecule has 0 amide bonds. The lowest BCUT2D eigenvalue weighted by atomic mass is 10.1. The number of aliphatic hydroxyl groups is 2. The Kier molecular flexibility index (Phi) is 8.21. The Bertz CT molecular complexity index is 425. The molecule has 3 atom stereocenters. The van der Waals surface area contributed by atoms with Crippen molar-refractivity contribution in [2.75, 3.05) is 26.9 Å². The van der Waals surface area contributed by atoms with E-state index in [1.807, 2.05) is 13.0 Å². The molecule has 6 heteroatoms. The number of aliphatic hydroxyl groups excluding tert-OH is 2. The zero-order valence-corrected chi connectivity index (χ0v) is 14.2. The second-order valence-electron chi connectivity index (χ2n) is 4.92. The van der Waals surface area contributed by atoms with Gasteiger partial charge in [0.05, 0.1) is 25.4 Å². The molecular weight excluding hydrogens is 340 g/mol. The van der Waals surface area contributed by atoms with Gasteiger partial charge in [0, 0.05) is 17.1 Å². The molecule has 5 nitrogen and oxygen atoms in total. The molecule has 0 bridgehead atoms. The van der Waals surface area contributed by atoms with Gasteiger partial charge in [-0.05, 0) is 32.0 Å². The Morgan fingerprint density at radius 1 is 1.14 bits per heavy atom. The van der Waals surface area contributed by atoms with E-state index in [1.165, 1.54) is 0 Å². The van der Waals surface area contributed by atoms with Crippen LogP contribution in [-0.2, 0) is 9.47 Å². The smallest absolute Gasteiger partial charge is 0.125 e. The van der Waals surface area contributed by atoms with Crippen LogP contribution in [0.2, 0.25) is 0 Å². The number of hydrogen-bond acceptors (Lipinski definition) is 5. The van der Waals surface area contributed by atoms with E-state index in [2.05, 4.69) is 15.9 Å². The molecule has 0 aliphatic rings. The Hall–Kier alpha value is -0.660. The summed E-state index contributed by atoms with van der Waals surface area (Å²) in [7, 11) is 1.60. The Balaban J connectivity index is 2.47. The summed E-state index contributed by atoms with van der Waals surface area (Å²) in [6.07, 6.45) is -1.47. The van der Waals surface area contributed by atoms with Crippen molar-refractivity contribution in [2.24, 2.45) is 0 Å². The van der Waals surface area contributed by atoms with Gasteiger partial charge in [0.1, 0.15) is 18.5 Å². The van der Waals surface area contributed by atoms with Gasteiger partial charge in [0.15, 0.2) is 0 Å². The molecule has 1 aromatic carbocycles. The highest BCUT2D eigenvalue weighted by Gasteiger charge is 2.13. The van der Waals surface area contributed by atoms with Crippen LogP contribution in [0.15, 0.2) is 22.7 Å². The van der Waals surface area contributed by atoms with Crippen molar-refractivity contribution >= 4 is 15.9 Å². The number of rotatable bonds is 9. The van der Waals surface area contributed by atoms with Gasteiger partial charge in [0.2, 0.25) is 0 Å². The van der Waals surface area contributed by atoms with E-state index in [4.69, 9.17) is 14.2 Å². The molecule has 0 aliphatic heterocycles. The number of methoxy groups -OCH3 is 1. The molecule has 1 aromatic rings. The quantitative estimate of drug-likeness (QED) is 0.705. The molecular formula is C15H23BrO5. The summed E-state index contributed by atoms with van der Waals surface area (Å²) in [6.45, 7) is 4.29. The molecule has 0 saturated carbocycles. The van der Waals surface area contributed by atoms with Crippen LogP contribution in [0, 0.1) is 0 Å². The normalized spacial score (nSPS) is 15.5. The van der Waals surface area contributed by atoms with E-state index >= 15 is 0 Å². The van der Waals surface area contributed by atoms with Crippen LogP contribution in [0.1, 0.15) is 25.5 Å². The zero-order valence-electron chi connectivity index (χ0n) is 12.6. The van der Waals surface area contributed by atoms with Gasteiger partial charge in [-0.2, -0.15) is 0 Å². The molecule has 1 rings (SSSR count). The van der Waals surface area contributed by atoms with E-state index in [0.717, 1.165) is 4.47 Å². The van der Waals surface area contributed by atoms with Crippen LogP contribution in [-0.4, -0.2) is 49.4 Å². The predicted octanol–water partition coefficient (Wildman–Crippen LogP) is 2.29. The molecule has 0 aromatic heterocycles. The first kappa shape index (κ1) is 18.4. The van der Waals surface area contributed by atoms with Gasteiger partial charge in [0.25, 0.3) is 0 Å². The number of halogens is 1. The second kappa shape index (κ2) is 9.38. The summed E-state index contributed by atoms with van der Waals surface area (Å²) in [6, 6.07) is 5.38. The van der Waals surface area contributed by atoms with Gasteiger partial charge in [-0.3, -0.25) is 0 Å². The van der Waals surface area contributed by atoms with Crippen LogP contribution in [0.3, 0.4) is 0 Å². The summed E-state index contributed by atoms with van der Waals surface area (Å²) in [4.78, 5) is 0. The Labute approximate surface area is 134 Å². The number of benzene rings is 1. The minimum absolute atomic E-state index is 0.0784. The topological polar surface area (TPSA) is 68.2 Å². The Morgan fingerprint density at radius 2 is 1.86 bits per heavy atom. The predicted molar refractivity (Wildman–Crippen MR) is 83.6 cm³/mol. The van der Waals surface area contributed by atoms with E-state index in [9.17, 15) is 10.2 Å². The lowest BCUT2D eigenvalue weighted by Gasteiger charge is -2.18. The fourth-order valence-corrected chi connectivity index (χ4v) is 2.15. The summed E-state index contributed by atoms with van der Waals surface area (Å²) in [5, 5.41) is 19.6. The van der Waals surface area contributed by atoms with E-state index in [0.29, 0.717) is 17.9 Å². The molecule has 0 aliphatic carbocycles. The minimum atomic E-state index is -0.741. The van der Waals surface area contributed by atoms with Crippen molar-refractivity contribution in [3.8, 4) is 5.75 Å². The lowest BCUT2D eigenvalue weighted by Crippen LogP contribution is -2.27. The third kappa shape index (κ3) is 6.76. The van der Waals surface area contributed by atoms with E-state index in [-0.39, 0.29) is 19.3 Å². The maximum Gasteiger partial charge on any atom is 0.125 e. The van der Waals surface area contributed by atoms with Crippen molar-refractivity contribution in [3.63, 3.8) is 0 Å². The standard InChI is InChI=1S/C15H23BrO5/c1-10(7-19-3)20-8-13(18)9-21-15-5-4-12(16)6-14(15)11(2)17/h4-6,10-11,13,17-18H,7-9H2,1-3H3/t10?,11-,13?/m1/s1. The average Bonchev–Trinajstić information content (AvgIpc) is 2.44. The average molecular weight is 363 g/mol. The van der Waals surface area contributed by atoms with Gasteiger partial charge < -0.3 is 24.4 Å². The molecule has 2 unspecified atom stereocenters. The molecule has 0 heterocycles. The van der Waals surface area contributed by atoms with Crippen molar-refractivity contribution < 1.29 is 24.4 Å². The largest absolute Gasteiger partial charge is 0.490 e. The van der Waals surface area contributed by atoms with Crippen molar-refractivity contribution in [1.82, 2.24) is 0 Å². The van der Waals surface area contributed by atoms with Gasteiger partial charge in [-0.1, -0.05) is 15.9 Å². The molecule has 0 fully saturated rings. The van der Waals surface area contributed by atoms with Crippen molar-refractivity contribution in [2.45, 2.75) is 32.2 Å². The third-order valence-corrected chi connectivity index (χ3v) is 3.32. The highest BCUT2D eigenvalue weighted by molar-refractivity contribution is 9.10. The Morgan fingerprint density at radius 3 is 2.48 bits per heavy atom. The van der Waals surface area contributed by atoms with Crippen LogP contribution in [0.4, 0.5) is 0 Å². The summed E-state index contributed by atoms with van der Waals surface area (Å²) >= 11 is 3.35. The highest BCUT2D eigenvalue weighted by atomic mass is 79.9. The van der Waals surface area contributed by atoms with Crippen LogP contribution in [0.25, 0.3) is 0 Å². The second-order valence-corrected chi connectivity index (χ2v) is 5.84. The maximum absolute atomic E-state index is 9.85. The molecule has 21 heavy (non-hydrogen) atoms. The highest BCUT2D eigenvalue weighted by Crippen LogP contribution is 2.28. The minimum Gasteiger partial charge on any atom is -0.490 e. The molecule has 0 saturated heterocycles. The third-order valence-electron chi connectivity index (χ3n) is 2.83. The molecule has 0 radical (unpaired) electrons. The zero-order chi connectivity index (χ0) is 15.8. The monoisotopic (exact) mass is 362 g/mol. The molecule has 2 N–H and O–H groups in total. The molecule has 120 valence electrons. The van der Waals surface area contributed by atoms with Gasteiger partial charge in [-0.15, -0.1) is 0 Å². The first-order chi connectivity index (χ1) is 9.93. The van der Waals surface area contributed by atoms with Crippen LogP contribution in [0.5, 0.6) is 5.75 Å². The summed E-state index contributed by atoms with van der Waals surface area (Å²) < 4.78 is 16.8. The van der Waals surface area contributed by atoms with Crippen LogP contribution < -0.4 is 4.74 Å². The van der Waals surface area contributed by atoms with Crippen LogP contribution >= 0.6 is 15.9 Å². The summed E-state index contributed by atoms with van der Waals surface area (Å²) in [5.41, 5.74) is 0.672. The number of hydrogen-bond donors (Lipinski definition) is 2. The van der Waals surface area contributed by atoms with Crippen molar-refractivity contribution in [1.29, 1.82) is 0 Å². The fourth-order valence-electron chi connectivity index (χ4n) is 1.77. The fraction of sp³-hybridized carbons (Fsp3) is 0.600. The van der Waals surface area contributed by atoms with E-state index in [1.54, 1.807) is 26.2 Å². The first-order valence-corrected chi connectivity index (χ1v) is 7.62. The number of ether oxygens (including phenoxy) is 3. The lowest BCUT2D eigenvalue weighted by molar-refractivity contribution is -0.0424. The SMILES string of the molecule is COCC(C)OCC(O)COc1ccc(Br)cc1[C@@H](C)O.